The lowest BCUT2D eigenvalue weighted by Crippen LogP contribution is -2.12. The smallest absolute Gasteiger partial charge is 0.418 e. The van der Waals surface area contributed by atoms with Gasteiger partial charge in [-0.05, 0) is 48.5 Å². The number of nitrogens with zero attached hydrogens (tertiary/aromatic N) is 5. The maximum absolute atomic E-state index is 16.1. The molecule has 0 unspecified atom stereocenters. The summed E-state index contributed by atoms with van der Waals surface area (Å²) in [5, 5.41) is 4.62. The predicted octanol–water partition coefficient (Wildman–Crippen LogP) is 14.0. The molecule has 0 saturated carbocycles. The van der Waals surface area contributed by atoms with E-state index in [4.69, 9.17) is 19.4 Å². The van der Waals surface area contributed by atoms with Crippen LogP contribution in [0.4, 0.5) is 13.2 Å². The Morgan fingerprint density at radius 3 is 1.49 bits per heavy atom. The quantitative estimate of drug-likeness (QED) is 0.174. The molecule has 0 aliphatic carbocycles. The van der Waals surface area contributed by atoms with Gasteiger partial charge in [0.2, 0.25) is 0 Å². The molecule has 0 radical (unpaired) electrons. The minimum Gasteiger partial charge on any atom is -0.454 e. The average Bonchev–Trinajstić information content (AvgIpc) is 3.96. The Morgan fingerprint density at radius 1 is 0.426 bits per heavy atom. The molecule has 4 aromatic heterocycles. The van der Waals surface area contributed by atoms with Crippen LogP contribution >= 0.6 is 0 Å². The number of aromatic nitrogens is 5. The fourth-order valence-corrected chi connectivity index (χ4v) is 8.96. The number of benzene rings is 8. The number of furan rings is 1. The molecule has 9 heteroatoms. The van der Waals surface area contributed by atoms with E-state index in [-0.39, 0.29) is 22.7 Å². The molecule has 0 N–H and O–H groups in total. The molecule has 4 heterocycles. The van der Waals surface area contributed by atoms with Gasteiger partial charge in [0.15, 0.2) is 23.1 Å². The molecule has 12 rings (SSSR count). The van der Waals surface area contributed by atoms with E-state index in [2.05, 4.69) is 34.9 Å². The summed E-state index contributed by atoms with van der Waals surface area (Å²) in [6.45, 7) is 0. The van der Waals surface area contributed by atoms with Gasteiger partial charge in [-0.15, -0.1) is 0 Å². The number of halogens is 3. The van der Waals surface area contributed by atoms with Crippen LogP contribution in [0.1, 0.15) is 5.56 Å². The predicted molar refractivity (Wildman–Crippen MR) is 237 cm³/mol. The average molecular weight is 798 g/mol. The minimum absolute atomic E-state index is 0.0726. The van der Waals surface area contributed by atoms with Gasteiger partial charge in [-0.25, -0.2) is 15.0 Å². The molecule has 290 valence electrons. The van der Waals surface area contributed by atoms with E-state index >= 15 is 13.2 Å². The van der Waals surface area contributed by atoms with Crippen molar-refractivity contribution in [1.82, 2.24) is 24.1 Å². The summed E-state index contributed by atoms with van der Waals surface area (Å²) in [5.74, 6) is 0.771. The highest BCUT2D eigenvalue weighted by Crippen LogP contribution is 2.49. The third-order valence-electron chi connectivity index (χ3n) is 11.6. The van der Waals surface area contributed by atoms with Gasteiger partial charge in [-0.2, -0.15) is 13.2 Å². The zero-order valence-corrected chi connectivity index (χ0v) is 32.1. The second-order valence-electron chi connectivity index (χ2n) is 15.1. The molecule has 0 atom stereocenters. The van der Waals surface area contributed by atoms with Gasteiger partial charge in [-0.3, -0.25) is 0 Å². The molecule has 0 aliphatic rings. The topological polar surface area (TPSA) is 61.7 Å². The van der Waals surface area contributed by atoms with Crippen LogP contribution in [0.25, 0.3) is 111 Å². The van der Waals surface area contributed by atoms with Crippen molar-refractivity contribution in [3.63, 3.8) is 0 Å². The highest BCUT2D eigenvalue weighted by Gasteiger charge is 2.39. The molecule has 12 aromatic rings. The number of para-hydroxylation sites is 4. The number of hydrogen-bond donors (Lipinski definition) is 0. The van der Waals surface area contributed by atoms with Crippen molar-refractivity contribution in [3.05, 3.63) is 188 Å². The summed E-state index contributed by atoms with van der Waals surface area (Å²) in [6, 6.07) is 57.3. The first-order valence-corrected chi connectivity index (χ1v) is 19.9. The van der Waals surface area contributed by atoms with Gasteiger partial charge >= 0.3 is 6.18 Å². The van der Waals surface area contributed by atoms with E-state index in [1.165, 1.54) is 6.07 Å². The van der Waals surface area contributed by atoms with Crippen molar-refractivity contribution in [3.8, 4) is 45.5 Å². The Balaban J connectivity index is 1.22. The summed E-state index contributed by atoms with van der Waals surface area (Å²) in [6.07, 6.45) is -4.83. The Morgan fingerprint density at radius 2 is 0.902 bits per heavy atom. The van der Waals surface area contributed by atoms with Crippen LogP contribution in [-0.4, -0.2) is 24.1 Å². The highest BCUT2D eigenvalue weighted by atomic mass is 19.4. The van der Waals surface area contributed by atoms with Crippen LogP contribution in [0.2, 0.25) is 0 Å². The van der Waals surface area contributed by atoms with Crippen molar-refractivity contribution in [2.45, 2.75) is 6.18 Å². The minimum atomic E-state index is -4.83. The molecule has 0 amide bonds. The lowest BCUT2D eigenvalue weighted by molar-refractivity contribution is -0.137. The van der Waals surface area contributed by atoms with Crippen molar-refractivity contribution in [2.24, 2.45) is 0 Å². The molecule has 61 heavy (non-hydrogen) atoms. The molecule has 8 aromatic carbocycles. The van der Waals surface area contributed by atoms with Crippen molar-refractivity contribution >= 4 is 65.6 Å². The van der Waals surface area contributed by atoms with Crippen LogP contribution in [0.15, 0.2) is 186 Å². The summed E-state index contributed by atoms with van der Waals surface area (Å²) < 4.78 is 59.0. The SMILES string of the molecule is FC(F)(F)c1cc(-c2nc(-c3ccccc3)nc(-c3ccccc3)n2)c2c(oc3ccccc32)c1-n1c2ccccc2c2cc3c(cc21)c1ccccc1n3-c1ccccc1. The van der Waals surface area contributed by atoms with Crippen LogP contribution in [0.5, 0.6) is 0 Å². The molecule has 6 nitrogen and oxygen atoms in total. The lowest BCUT2D eigenvalue weighted by Gasteiger charge is -2.19. The molecule has 0 saturated heterocycles. The van der Waals surface area contributed by atoms with E-state index in [9.17, 15) is 0 Å². The zero-order valence-electron chi connectivity index (χ0n) is 32.1. The normalized spacial score (nSPS) is 12.2. The number of hydrogen-bond acceptors (Lipinski definition) is 4. The van der Waals surface area contributed by atoms with Gasteiger partial charge in [0.05, 0.1) is 27.6 Å². The van der Waals surface area contributed by atoms with E-state index in [0.29, 0.717) is 50.2 Å². The van der Waals surface area contributed by atoms with E-state index in [1.54, 1.807) is 10.6 Å². The maximum Gasteiger partial charge on any atom is 0.418 e. The third kappa shape index (κ3) is 5.40. The van der Waals surface area contributed by atoms with E-state index < -0.39 is 11.7 Å². The number of alkyl halides is 3. The third-order valence-corrected chi connectivity index (χ3v) is 11.6. The molecular weight excluding hydrogens is 768 g/mol. The Kier molecular flexibility index (Phi) is 7.59. The Labute approximate surface area is 345 Å². The monoisotopic (exact) mass is 797 g/mol. The van der Waals surface area contributed by atoms with Gasteiger partial charge in [0, 0.05) is 54.7 Å². The summed E-state index contributed by atoms with van der Waals surface area (Å²) in [5.41, 5.74) is 5.26. The van der Waals surface area contributed by atoms with Gasteiger partial charge < -0.3 is 13.6 Å². The van der Waals surface area contributed by atoms with Crippen molar-refractivity contribution < 1.29 is 17.6 Å². The van der Waals surface area contributed by atoms with Crippen LogP contribution in [0, 0.1) is 0 Å². The first-order valence-electron chi connectivity index (χ1n) is 19.9. The second-order valence-corrected chi connectivity index (χ2v) is 15.1. The lowest BCUT2D eigenvalue weighted by atomic mass is 9.99. The first kappa shape index (κ1) is 35.0. The molecular formula is C52H30F3N5O. The van der Waals surface area contributed by atoms with Crippen LogP contribution < -0.4 is 0 Å². The maximum atomic E-state index is 16.1. The van der Waals surface area contributed by atoms with Crippen molar-refractivity contribution in [2.75, 3.05) is 0 Å². The Hall–Kier alpha value is -8.04. The van der Waals surface area contributed by atoms with Crippen molar-refractivity contribution in [1.29, 1.82) is 0 Å². The van der Waals surface area contributed by atoms with Crippen LogP contribution in [-0.2, 0) is 6.18 Å². The van der Waals surface area contributed by atoms with Gasteiger partial charge in [0.25, 0.3) is 0 Å². The first-order chi connectivity index (χ1) is 29.9. The van der Waals surface area contributed by atoms with Gasteiger partial charge in [0.1, 0.15) is 11.3 Å². The van der Waals surface area contributed by atoms with E-state index in [0.717, 1.165) is 38.3 Å². The largest absolute Gasteiger partial charge is 0.454 e. The molecule has 0 aliphatic heterocycles. The zero-order chi connectivity index (χ0) is 40.8. The second kappa shape index (κ2) is 13.2. The van der Waals surface area contributed by atoms with E-state index in [1.807, 2.05) is 140 Å². The Bertz CT molecular complexity index is 3630. The highest BCUT2D eigenvalue weighted by molar-refractivity contribution is 6.21. The standard InChI is InChI=1S/C52H30F3N5O/c53-52(54,55)40-28-39(51-57-49(31-16-4-1-5-17-31)56-50(58-51)32-18-6-2-7-19-32)46-36-24-12-15-27-45(36)61-48(46)47(40)60-42-26-14-11-23-35(42)38-29-43-37(30-44(38)60)34-22-10-13-25-41(34)59(43)33-20-8-3-9-21-33/h1-30H. The fraction of sp³-hybridized carbons (Fsp3) is 0.0192. The number of rotatable bonds is 5. The van der Waals surface area contributed by atoms with Gasteiger partial charge in [-0.1, -0.05) is 133 Å². The summed E-state index contributed by atoms with van der Waals surface area (Å²) >= 11 is 0. The fourth-order valence-electron chi connectivity index (χ4n) is 8.96. The molecule has 0 bridgehead atoms. The number of fused-ring (bicyclic) bond motifs is 9. The summed E-state index contributed by atoms with van der Waals surface area (Å²) in [7, 11) is 0. The molecule has 0 spiro atoms. The molecule has 0 fully saturated rings. The summed E-state index contributed by atoms with van der Waals surface area (Å²) in [4.78, 5) is 14.6. The van der Waals surface area contributed by atoms with Crippen LogP contribution in [0.3, 0.4) is 0 Å².